The lowest BCUT2D eigenvalue weighted by atomic mass is 9.74. The molecule has 2 rings (SSSR count). The zero-order chi connectivity index (χ0) is 15.3. The van der Waals surface area contributed by atoms with Crippen molar-refractivity contribution in [2.24, 2.45) is 11.3 Å². The van der Waals surface area contributed by atoms with Crippen molar-refractivity contribution in [2.75, 3.05) is 18.5 Å². The molecule has 1 heterocycles. The van der Waals surface area contributed by atoms with Crippen LogP contribution in [0.15, 0.2) is 17.2 Å². The van der Waals surface area contributed by atoms with E-state index in [0.29, 0.717) is 24.8 Å². The lowest BCUT2D eigenvalue weighted by Gasteiger charge is -2.35. The highest BCUT2D eigenvalue weighted by Crippen LogP contribution is 2.35. The van der Waals surface area contributed by atoms with Crippen molar-refractivity contribution in [3.05, 3.63) is 22.7 Å². The van der Waals surface area contributed by atoms with E-state index < -0.39 is 0 Å². The van der Waals surface area contributed by atoms with E-state index in [1.54, 1.807) is 17.0 Å². The van der Waals surface area contributed by atoms with Crippen LogP contribution in [0.3, 0.4) is 0 Å². The van der Waals surface area contributed by atoms with Crippen LogP contribution in [0.4, 0.5) is 5.82 Å². The molecule has 118 valence electrons. The first-order valence-electron chi connectivity index (χ1n) is 7.96. The number of aliphatic hydroxyl groups excluding tert-OH is 1. The fourth-order valence-electron chi connectivity index (χ4n) is 3.07. The van der Waals surface area contributed by atoms with E-state index in [4.69, 9.17) is 0 Å². The van der Waals surface area contributed by atoms with Gasteiger partial charge in [0.2, 0.25) is 0 Å². The molecule has 5 heteroatoms. The number of nitrogens with zero attached hydrogens (tertiary/aromatic N) is 2. The van der Waals surface area contributed by atoms with Gasteiger partial charge in [-0.3, -0.25) is 4.79 Å². The lowest BCUT2D eigenvalue weighted by molar-refractivity contribution is 0.0943. The molecule has 1 saturated carbocycles. The smallest absolute Gasteiger partial charge is 0.293 e. The van der Waals surface area contributed by atoms with E-state index in [-0.39, 0.29) is 17.6 Å². The summed E-state index contributed by atoms with van der Waals surface area (Å²) in [6, 6.07) is 0. The average molecular weight is 293 g/mol. The van der Waals surface area contributed by atoms with Crippen molar-refractivity contribution in [1.82, 2.24) is 9.55 Å². The summed E-state index contributed by atoms with van der Waals surface area (Å²) in [4.78, 5) is 16.5. The summed E-state index contributed by atoms with van der Waals surface area (Å²) in [6.45, 7) is 5.66. The predicted molar refractivity (Wildman–Crippen MR) is 84.4 cm³/mol. The van der Waals surface area contributed by atoms with Crippen molar-refractivity contribution >= 4 is 5.82 Å². The van der Waals surface area contributed by atoms with E-state index >= 15 is 0 Å². The van der Waals surface area contributed by atoms with Crippen LogP contribution in [0.1, 0.15) is 46.0 Å². The summed E-state index contributed by atoms with van der Waals surface area (Å²) in [7, 11) is 0. The topological polar surface area (TPSA) is 67.2 Å². The molecule has 0 aliphatic heterocycles. The highest BCUT2D eigenvalue weighted by molar-refractivity contribution is 5.31. The molecule has 0 atom stereocenters. The molecule has 1 aromatic heterocycles. The van der Waals surface area contributed by atoms with E-state index in [0.717, 1.165) is 25.7 Å². The van der Waals surface area contributed by atoms with Gasteiger partial charge in [0.1, 0.15) is 0 Å². The van der Waals surface area contributed by atoms with E-state index in [1.807, 2.05) is 0 Å². The number of hydrogen-bond donors (Lipinski definition) is 2. The fraction of sp³-hybridized carbons (Fsp3) is 0.750. The minimum atomic E-state index is -0.0922. The molecule has 1 aliphatic carbocycles. The van der Waals surface area contributed by atoms with Crippen LogP contribution in [0.25, 0.3) is 0 Å². The van der Waals surface area contributed by atoms with Gasteiger partial charge in [-0.25, -0.2) is 4.98 Å². The van der Waals surface area contributed by atoms with Crippen LogP contribution in [-0.4, -0.2) is 27.8 Å². The van der Waals surface area contributed by atoms with Gasteiger partial charge in [-0.1, -0.05) is 33.1 Å². The molecular weight excluding hydrogens is 266 g/mol. The standard InChI is InChI=1S/C16H27N3O2/c1-13(2)10-19-9-8-17-14(15(19)21)18-11-16(12-20)6-4-3-5-7-16/h8-9,13,20H,3-7,10-12H2,1-2H3,(H,17,18). The van der Waals surface area contributed by atoms with Crippen molar-refractivity contribution in [3.63, 3.8) is 0 Å². The number of aromatic nitrogens is 2. The van der Waals surface area contributed by atoms with Crippen LogP contribution in [0.2, 0.25) is 0 Å². The number of rotatable bonds is 6. The van der Waals surface area contributed by atoms with Gasteiger partial charge in [-0.15, -0.1) is 0 Å². The molecule has 0 bridgehead atoms. The summed E-state index contributed by atoms with van der Waals surface area (Å²) in [5.74, 6) is 0.816. The predicted octanol–water partition coefficient (Wildman–Crippen LogP) is 2.25. The average Bonchev–Trinajstić information content (AvgIpc) is 2.49. The second kappa shape index (κ2) is 7.07. The minimum absolute atomic E-state index is 0.0740. The van der Waals surface area contributed by atoms with Crippen LogP contribution in [0.5, 0.6) is 0 Å². The van der Waals surface area contributed by atoms with Crippen LogP contribution < -0.4 is 10.9 Å². The molecule has 2 N–H and O–H groups in total. The normalized spacial score (nSPS) is 17.9. The minimum Gasteiger partial charge on any atom is -0.396 e. The highest BCUT2D eigenvalue weighted by Gasteiger charge is 2.31. The first kappa shape index (κ1) is 16.0. The molecule has 0 saturated heterocycles. The fourth-order valence-corrected chi connectivity index (χ4v) is 3.07. The Kier molecular flexibility index (Phi) is 5.39. The Morgan fingerprint density at radius 2 is 2.10 bits per heavy atom. The Hall–Kier alpha value is -1.36. The molecule has 0 aromatic carbocycles. The van der Waals surface area contributed by atoms with Crippen LogP contribution in [-0.2, 0) is 6.54 Å². The second-order valence-electron chi connectivity index (χ2n) is 6.70. The maximum atomic E-state index is 12.3. The molecule has 5 nitrogen and oxygen atoms in total. The SMILES string of the molecule is CC(C)Cn1ccnc(NCC2(CO)CCCCC2)c1=O. The molecule has 0 radical (unpaired) electrons. The largest absolute Gasteiger partial charge is 0.396 e. The number of anilines is 1. The highest BCUT2D eigenvalue weighted by atomic mass is 16.3. The van der Waals surface area contributed by atoms with Gasteiger partial charge < -0.3 is 15.0 Å². The molecule has 0 unspecified atom stereocenters. The number of hydrogen-bond acceptors (Lipinski definition) is 4. The quantitative estimate of drug-likeness (QED) is 0.844. The first-order chi connectivity index (χ1) is 10.1. The van der Waals surface area contributed by atoms with Gasteiger partial charge in [0, 0.05) is 30.9 Å². The van der Waals surface area contributed by atoms with E-state index in [1.165, 1.54) is 6.42 Å². The molecule has 1 aliphatic rings. The number of aliphatic hydroxyl groups is 1. The van der Waals surface area contributed by atoms with Gasteiger partial charge in [0.25, 0.3) is 5.56 Å². The van der Waals surface area contributed by atoms with E-state index in [9.17, 15) is 9.90 Å². The Morgan fingerprint density at radius 3 is 2.71 bits per heavy atom. The summed E-state index contributed by atoms with van der Waals surface area (Å²) in [5, 5.41) is 12.9. The lowest BCUT2D eigenvalue weighted by Crippen LogP contribution is -2.37. The van der Waals surface area contributed by atoms with Crippen LogP contribution in [0, 0.1) is 11.3 Å². The molecular formula is C16H27N3O2. The van der Waals surface area contributed by atoms with Gasteiger partial charge in [-0.05, 0) is 18.8 Å². The van der Waals surface area contributed by atoms with Gasteiger partial charge in [0.15, 0.2) is 5.82 Å². The van der Waals surface area contributed by atoms with Crippen LogP contribution >= 0.6 is 0 Å². The molecule has 1 fully saturated rings. The summed E-state index contributed by atoms with van der Waals surface area (Å²) < 4.78 is 1.70. The molecule has 21 heavy (non-hydrogen) atoms. The third-order valence-electron chi connectivity index (χ3n) is 4.36. The third-order valence-corrected chi connectivity index (χ3v) is 4.36. The van der Waals surface area contributed by atoms with E-state index in [2.05, 4.69) is 24.1 Å². The van der Waals surface area contributed by atoms with Crippen molar-refractivity contribution < 1.29 is 5.11 Å². The zero-order valence-electron chi connectivity index (χ0n) is 13.1. The monoisotopic (exact) mass is 293 g/mol. The summed E-state index contributed by atoms with van der Waals surface area (Å²) in [6.07, 6.45) is 8.98. The second-order valence-corrected chi connectivity index (χ2v) is 6.70. The summed E-state index contributed by atoms with van der Waals surface area (Å²) in [5.41, 5.74) is -0.166. The Bertz CT molecular complexity index is 504. The van der Waals surface area contributed by atoms with Gasteiger partial charge in [0.05, 0.1) is 6.61 Å². The van der Waals surface area contributed by atoms with Crippen molar-refractivity contribution in [1.29, 1.82) is 0 Å². The number of nitrogens with one attached hydrogen (secondary N) is 1. The first-order valence-corrected chi connectivity index (χ1v) is 7.96. The Morgan fingerprint density at radius 1 is 1.38 bits per heavy atom. The molecule has 0 spiro atoms. The Balaban J connectivity index is 2.07. The zero-order valence-corrected chi connectivity index (χ0v) is 13.1. The summed E-state index contributed by atoms with van der Waals surface area (Å²) >= 11 is 0. The van der Waals surface area contributed by atoms with Gasteiger partial charge in [-0.2, -0.15) is 0 Å². The Labute approximate surface area is 126 Å². The maximum absolute atomic E-state index is 12.3. The molecule has 1 aromatic rings. The van der Waals surface area contributed by atoms with Crippen molar-refractivity contribution in [3.8, 4) is 0 Å². The maximum Gasteiger partial charge on any atom is 0.293 e. The van der Waals surface area contributed by atoms with Gasteiger partial charge >= 0.3 is 0 Å². The van der Waals surface area contributed by atoms with Crippen molar-refractivity contribution in [2.45, 2.75) is 52.5 Å². The third kappa shape index (κ3) is 4.06. The molecule has 0 amide bonds.